The predicted octanol–water partition coefficient (Wildman–Crippen LogP) is 2.97. The summed E-state index contributed by atoms with van der Waals surface area (Å²) in [5, 5.41) is 2.75. The fraction of sp³-hybridized carbons (Fsp3) is 0.286. The number of nitrogens with one attached hydrogen (secondary N) is 1. The Morgan fingerprint density at radius 1 is 1.00 bits per heavy atom. The molecule has 1 fully saturated rings. The van der Waals surface area contributed by atoms with Gasteiger partial charge in [0.15, 0.2) is 12.4 Å². The second kappa shape index (κ2) is 7.52. The predicted molar refractivity (Wildman–Crippen MR) is 97.2 cm³/mol. The maximum atomic E-state index is 12.9. The highest BCUT2D eigenvalue weighted by Crippen LogP contribution is 2.20. The molecule has 1 amide bonds. The van der Waals surface area contributed by atoms with Crippen molar-refractivity contribution in [3.63, 3.8) is 0 Å². The molecule has 5 nitrogen and oxygen atoms in total. The number of amides is 1. The van der Waals surface area contributed by atoms with E-state index >= 15 is 0 Å². The molecular formula is C21H21NO4. The first-order valence-electron chi connectivity index (χ1n) is 8.63. The van der Waals surface area contributed by atoms with Crippen LogP contribution in [0.4, 0.5) is 0 Å². The fourth-order valence-electron chi connectivity index (χ4n) is 2.69. The molecule has 0 unspecified atom stereocenters. The summed E-state index contributed by atoms with van der Waals surface area (Å²) in [6.07, 6.45) is 1.93. The van der Waals surface area contributed by atoms with Crippen molar-refractivity contribution in [2.45, 2.75) is 32.7 Å². The van der Waals surface area contributed by atoms with Crippen LogP contribution in [0.2, 0.25) is 0 Å². The van der Waals surface area contributed by atoms with Gasteiger partial charge in [0.1, 0.15) is 0 Å². The van der Waals surface area contributed by atoms with Crippen molar-refractivity contribution >= 4 is 17.7 Å². The van der Waals surface area contributed by atoms with E-state index in [1.807, 2.05) is 32.0 Å². The van der Waals surface area contributed by atoms with Gasteiger partial charge in [-0.05, 0) is 44.4 Å². The first-order valence-corrected chi connectivity index (χ1v) is 8.63. The van der Waals surface area contributed by atoms with Crippen molar-refractivity contribution in [1.82, 2.24) is 5.32 Å². The minimum Gasteiger partial charge on any atom is -0.452 e. The van der Waals surface area contributed by atoms with Crippen LogP contribution in [0.3, 0.4) is 0 Å². The Bertz CT molecular complexity index is 868. The molecule has 26 heavy (non-hydrogen) atoms. The van der Waals surface area contributed by atoms with Gasteiger partial charge in [0.25, 0.3) is 5.91 Å². The summed E-state index contributed by atoms with van der Waals surface area (Å²) in [5.74, 6) is -1.23. The van der Waals surface area contributed by atoms with Crippen LogP contribution in [0, 0.1) is 13.8 Å². The number of hydrogen-bond acceptors (Lipinski definition) is 4. The Morgan fingerprint density at radius 3 is 2.38 bits per heavy atom. The summed E-state index contributed by atoms with van der Waals surface area (Å²) in [5.41, 5.74) is 2.80. The number of hydrogen-bond donors (Lipinski definition) is 1. The third-order valence-corrected chi connectivity index (χ3v) is 4.31. The van der Waals surface area contributed by atoms with E-state index in [0.29, 0.717) is 5.56 Å². The van der Waals surface area contributed by atoms with Crippen molar-refractivity contribution < 1.29 is 19.1 Å². The monoisotopic (exact) mass is 351 g/mol. The van der Waals surface area contributed by atoms with E-state index in [9.17, 15) is 14.4 Å². The summed E-state index contributed by atoms with van der Waals surface area (Å²) in [6.45, 7) is 3.42. The SMILES string of the molecule is Cc1ccc(C)c(C(=O)c2ccccc2C(=O)OCC(=O)NC2CC2)c1. The molecule has 0 aliphatic heterocycles. The molecule has 2 aromatic carbocycles. The van der Waals surface area contributed by atoms with Gasteiger partial charge in [0.05, 0.1) is 5.56 Å². The Morgan fingerprint density at radius 2 is 1.69 bits per heavy atom. The second-order valence-electron chi connectivity index (χ2n) is 6.61. The standard InChI is InChI=1S/C21H21NO4/c1-13-7-8-14(2)18(11-13)20(24)16-5-3-4-6-17(16)21(25)26-12-19(23)22-15-9-10-15/h3-8,11,15H,9-10,12H2,1-2H3,(H,22,23). The van der Waals surface area contributed by atoms with Crippen LogP contribution in [0.25, 0.3) is 0 Å². The average Bonchev–Trinajstić information content (AvgIpc) is 3.45. The largest absolute Gasteiger partial charge is 0.452 e. The molecule has 2 aromatic rings. The normalized spacial score (nSPS) is 13.2. The number of carbonyl (C=O) groups excluding carboxylic acids is 3. The first kappa shape index (κ1) is 17.9. The lowest BCUT2D eigenvalue weighted by Crippen LogP contribution is -2.30. The van der Waals surface area contributed by atoms with Gasteiger partial charge in [-0.1, -0.05) is 35.9 Å². The van der Waals surface area contributed by atoms with Crippen LogP contribution >= 0.6 is 0 Å². The maximum absolute atomic E-state index is 12.9. The Kier molecular flexibility index (Phi) is 5.16. The number of ether oxygens (including phenoxy) is 1. The number of benzene rings is 2. The van der Waals surface area contributed by atoms with Crippen molar-refractivity contribution in [2.24, 2.45) is 0 Å². The molecule has 1 aliphatic carbocycles. The van der Waals surface area contributed by atoms with Crippen LogP contribution in [-0.4, -0.2) is 30.3 Å². The van der Waals surface area contributed by atoms with Crippen molar-refractivity contribution in [3.05, 3.63) is 70.3 Å². The van der Waals surface area contributed by atoms with Crippen LogP contribution < -0.4 is 5.32 Å². The van der Waals surface area contributed by atoms with E-state index in [1.165, 1.54) is 0 Å². The molecular weight excluding hydrogens is 330 g/mol. The molecule has 0 spiro atoms. The van der Waals surface area contributed by atoms with Crippen LogP contribution in [0.5, 0.6) is 0 Å². The molecule has 0 radical (unpaired) electrons. The van der Waals surface area contributed by atoms with E-state index < -0.39 is 5.97 Å². The Hall–Kier alpha value is -2.95. The zero-order chi connectivity index (χ0) is 18.7. The summed E-state index contributed by atoms with van der Waals surface area (Å²) >= 11 is 0. The highest BCUT2D eigenvalue weighted by atomic mass is 16.5. The van der Waals surface area contributed by atoms with Gasteiger partial charge in [-0.3, -0.25) is 9.59 Å². The van der Waals surface area contributed by atoms with Gasteiger partial charge in [-0.15, -0.1) is 0 Å². The highest BCUT2D eigenvalue weighted by molar-refractivity contribution is 6.15. The molecule has 0 atom stereocenters. The molecule has 1 N–H and O–H groups in total. The van der Waals surface area contributed by atoms with Crippen molar-refractivity contribution in [2.75, 3.05) is 6.61 Å². The number of carbonyl (C=O) groups is 3. The topological polar surface area (TPSA) is 72.5 Å². The minimum absolute atomic E-state index is 0.164. The Balaban J connectivity index is 1.78. The fourth-order valence-corrected chi connectivity index (χ4v) is 2.69. The van der Waals surface area contributed by atoms with Gasteiger partial charge in [0, 0.05) is 17.2 Å². The maximum Gasteiger partial charge on any atom is 0.339 e. The van der Waals surface area contributed by atoms with Crippen molar-refractivity contribution in [3.8, 4) is 0 Å². The highest BCUT2D eigenvalue weighted by Gasteiger charge is 2.25. The molecule has 5 heteroatoms. The summed E-state index contributed by atoms with van der Waals surface area (Å²) in [6, 6.07) is 12.3. The zero-order valence-electron chi connectivity index (χ0n) is 14.9. The lowest BCUT2D eigenvalue weighted by Gasteiger charge is -2.11. The van der Waals surface area contributed by atoms with E-state index in [-0.39, 0.29) is 35.5 Å². The number of ketones is 1. The molecule has 3 rings (SSSR count). The van der Waals surface area contributed by atoms with Gasteiger partial charge in [-0.25, -0.2) is 4.79 Å². The number of esters is 1. The van der Waals surface area contributed by atoms with Crippen LogP contribution in [0.15, 0.2) is 42.5 Å². The lowest BCUT2D eigenvalue weighted by molar-refractivity contribution is -0.124. The Labute approximate surface area is 152 Å². The van der Waals surface area contributed by atoms with E-state index in [1.54, 1.807) is 24.3 Å². The van der Waals surface area contributed by atoms with Crippen LogP contribution in [0.1, 0.15) is 50.2 Å². The quantitative estimate of drug-likeness (QED) is 0.641. The van der Waals surface area contributed by atoms with Gasteiger partial charge >= 0.3 is 5.97 Å². The molecule has 0 bridgehead atoms. The van der Waals surface area contributed by atoms with E-state index in [2.05, 4.69) is 5.32 Å². The van der Waals surface area contributed by atoms with E-state index in [0.717, 1.165) is 24.0 Å². The number of aryl methyl sites for hydroxylation is 2. The molecule has 0 aromatic heterocycles. The third-order valence-electron chi connectivity index (χ3n) is 4.31. The van der Waals surface area contributed by atoms with Crippen molar-refractivity contribution in [1.29, 1.82) is 0 Å². The first-order chi connectivity index (χ1) is 12.5. The third kappa shape index (κ3) is 4.17. The molecule has 0 heterocycles. The average molecular weight is 351 g/mol. The molecule has 0 saturated heterocycles. The lowest BCUT2D eigenvalue weighted by atomic mass is 9.94. The number of rotatable bonds is 6. The van der Waals surface area contributed by atoms with Crippen LogP contribution in [-0.2, 0) is 9.53 Å². The summed E-state index contributed by atoms with van der Waals surface area (Å²) < 4.78 is 5.10. The summed E-state index contributed by atoms with van der Waals surface area (Å²) in [7, 11) is 0. The van der Waals surface area contributed by atoms with Gasteiger partial charge in [-0.2, -0.15) is 0 Å². The minimum atomic E-state index is -0.676. The zero-order valence-corrected chi connectivity index (χ0v) is 14.9. The van der Waals surface area contributed by atoms with Gasteiger partial charge in [0.2, 0.25) is 0 Å². The van der Waals surface area contributed by atoms with E-state index in [4.69, 9.17) is 4.74 Å². The molecule has 1 aliphatic rings. The van der Waals surface area contributed by atoms with Gasteiger partial charge < -0.3 is 10.1 Å². The summed E-state index contributed by atoms with van der Waals surface area (Å²) in [4.78, 5) is 37.1. The molecule has 1 saturated carbocycles. The molecule has 134 valence electrons. The second-order valence-corrected chi connectivity index (χ2v) is 6.61. The smallest absolute Gasteiger partial charge is 0.339 e.